The summed E-state index contributed by atoms with van der Waals surface area (Å²) in [4.78, 5) is 13.0. The Morgan fingerprint density at radius 1 is 1.30 bits per heavy atom. The van der Waals surface area contributed by atoms with E-state index in [0.29, 0.717) is 12.1 Å². The van der Waals surface area contributed by atoms with Crippen LogP contribution >= 0.6 is 15.9 Å². The van der Waals surface area contributed by atoms with Crippen LogP contribution in [0.15, 0.2) is 53.1 Å². The Hall–Kier alpha value is -2.51. The van der Waals surface area contributed by atoms with Crippen LogP contribution in [0.4, 0.5) is 4.39 Å². The van der Waals surface area contributed by atoms with Crippen molar-refractivity contribution in [2.24, 2.45) is 7.05 Å². The topological polar surface area (TPSA) is 59.0 Å². The van der Waals surface area contributed by atoms with Gasteiger partial charge in [0.25, 0.3) is 5.91 Å². The van der Waals surface area contributed by atoms with Gasteiger partial charge in [0, 0.05) is 36.7 Å². The van der Waals surface area contributed by atoms with Gasteiger partial charge in [-0.2, -0.15) is 5.10 Å². The van der Waals surface area contributed by atoms with Gasteiger partial charge in [0.15, 0.2) is 0 Å². The number of carbonyl (C=O) groups excluding carboxylic acids is 1. The number of aryl methyl sites for hydroxylation is 2. The fraction of sp³-hybridized carbons (Fsp3) is 0.304. The van der Waals surface area contributed by atoms with E-state index < -0.39 is 0 Å². The summed E-state index contributed by atoms with van der Waals surface area (Å²) >= 11 is 3.54. The van der Waals surface area contributed by atoms with Gasteiger partial charge in [-0.05, 0) is 71.2 Å². The molecule has 0 saturated carbocycles. The van der Waals surface area contributed by atoms with E-state index in [0.717, 1.165) is 39.8 Å². The molecule has 5 nitrogen and oxygen atoms in total. The number of amides is 1. The van der Waals surface area contributed by atoms with E-state index in [-0.39, 0.29) is 23.7 Å². The van der Waals surface area contributed by atoms with Gasteiger partial charge in [0.2, 0.25) is 0 Å². The number of aromatic nitrogens is 2. The summed E-state index contributed by atoms with van der Waals surface area (Å²) in [5, 5.41) is 10.8. The molecule has 1 aliphatic rings. The summed E-state index contributed by atoms with van der Waals surface area (Å²) in [5.41, 5.74) is 4.53. The molecule has 0 aliphatic carbocycles. The number of hydrogen-bond acceptors (Lipinski definition) is 3. The molecule has 1 amide bonds. The first-order chi connectivity index (χ1) is 14.4. The van der Waals surface area contributed by atoms with Crippen molar-refractivity contribution in [3.63, 3.8) is 0 Å². The van der Waals surface area contributed by atoms with Crippen molar-refractivity contribution in [2.75, 3.05) is 13.1 Å². The lowest BCUT2D eigenvalue weighted by Crippen LogP contribution is -2.50. The average Bonchev–Trinajstić information content (AvgIpc) is 3.06. The zero-order chi connectivity index (χ0) is 21.3. The van der Waals surface area contributed by atoms with E-state index in [1.54, 1.807) is 18.3 Å². The first-order valence-electron chi connectivity index (χ1n) is 9.99. The van der Waals surface area contributed by atoms with E-state index in [1.165, 1.54) is 6.07 Å². The fourth-order valence-corrected chi connectivity index (χ4v) is 4.74. The summed E-state index contributed by atoms with van der Waals surface area (Å²) in [6, 6.07) is 12.3. The molecule has 0 bridgehead atoms. The Bertz CT molecular complexity index is 1060. The van der Waals surface area contributed by atoms with E-state index in [1.807, 2.05) is 42.9 Å². The van der Waals surface area contributed by atoms with Crippen molar-refractivity contribution in [3.8, 4) is 11.3 Å². The van der Waals surface area contributed by atoms with Gasteiger partial charge >= 0.3 is 0 Å². The van der Waals surface area contributed by atoms with E-state index in [4.69, 9.17) is 0 Å². The molecule has 0 unspecified atom stereocenters. The molecule has 1 saturated heterocycles. The van der Waals surface area contributed by atoms with Crippen LogP contribution in [-0.4, -0.2) is 34.8 Å². The number of piperidine rings is 1. The summed E-state index contributed by atoms with van der Waals surface area (Å²) in [5.74, 6) is -0.288. The van der Waals surface area contributed by atoms with Crippen molar-refractivity contribution in [2.45, 2.75) is 25.3 Å². The molecule has 0 radical (unpaired) electrons. The lowest BCUT2D eigenvalue weighted by molar-refractivity contribution is 0.0924. The van der Waals surface area contributed by atoms with Gasteiger partial charge < -0.3 is 10.6 Å². The zero-order valence-electron chi connectivity index (χ0n) is 17.0. The molecule has 156 valence electrons. The van der Waals surface area contributed by atoms with Gasteiger partial charge in [-0.3, -0.25) is 9.48 Å². The normalized spacial score (nSPS) is 18.9. The van der Waals surface area contributed by atoms with Gasteiger partial charge in [-0.15, -0.1) is 0 Å². The number of nitrogens with one attached hydrogen (secondary N) is 2. The first kappa shape index (κ1) is 20.8. The minimum absolute atomic E-state index is 0.0802. The average molecular weight is 471 g/mol. The molecule has 2 heterocycles. The molecule has 2 atom stereocenters. The molecule has 2 aromatic carbocycles. The standard InChI is InChI=1S/C23H24BrFN4O/c1-14-10-16(6-7-18(14)22-20(24)12-27-29(22)2)23(30)28-21-13-26-9-8-19(21)15-4-3-5-17(25)11-15/h3-7,10-12,19,21,26H,8-9,13H2,1-2H3,(H,28,30)/t19-,21+/m0/s1. The molecule has 0 spiro atoms. The van der Waals surface area contributed by atoms with Crippen LogP contribution in [-0.2, 0) is 7.05 Å². The molecule has 7 heteroatoms. The number of halogens is 2. The Kier molecular flexibility index (Phi) is 6.01. The monoisotopic (exact) mass is 470 g/mol. The Morgan fingerprint density at radius 3 is 2.83 bits per heavy atom. The highest BCUT2D eigenvalue weighted by Gasteiger charge is 2.28. The Morgan fingerprint density at radius 2 is 2.13 bits per heavy atom. The van der Waals surface area contributed by atoms with Crippen LogP contribution in [0.1, 0.15) is 33.8 Å². The van der Waals surface area contributed by atoms with E-state index in [9.17, 15) is 9.18 Å². The van der Waals surface area contributed by atoms with Gasteiger partial charge in [0.05, 0.1) is 16.4 Å². The smallest absolute Gasteiger partial charge is 0.251 e. The van der Waals surface area contributed by atoms with Crippen LogP contribution in [0.2, 0.25) is 0 Å². The van der Waals surface area contributed by atoms with Crippen molar-refractivity contribution >= 4 is 21.8 Å². The molecule has 1 aliphatic heterocycles. The highest BCUT2D eigenvalue weighted by atomic mass is 79.9. The highest BCUT2D eigenvalue weighted by Crippen LogP contribution is 2.31. The summed E-state index contributed by atoms with van der Waals surface area (Å²) in [6.45, 7) is 3.50. The summed E-state index contributed by atoms with van der Waals surface area (Å²) < 4.78 is 16.4. The number of rotatable bonds is 4. The minimum atomic E-state index is -0.247. The predicted octanol–water partition coefficient (Wildman–Crippen LogP) is 4.17. The zero-order valence-corrected chi connectivity index (χ0v) is 18.5. The largest absolute Gasteiger partial charge is 0.347 e. The van der Waals surface area contributed by atoms with Crippen LogP contribution in [0.3, 0.4) is 0 Å². The summed E-state index contributed by atoms with van der Waals surface area (Å²) in [6.07, 6.45) is 2.61. The minimum Gasteiger partial charge on any atom is -0.347 e. The molecule has 1 fully saturated rings. The Labute approximate surface area is 183 Å². The first-order valence-corrected chi connectivity index (χ1v) is 10.8. The molecule has 30 heavy (non-hydrogen) atoms. The number of hydrogen-bond donors (Lipinski definition) is 2. The number of benzene rings is 2. The van der Waals surface area contributed by atoms with Gasteiger partial charge in [0.1, 0.15) is 5.82 Å². The molecule has 1 aromatic heterocycles. The maximum Gasteiger partial charge on any atom is 0.251 e. The van der Waals surface area contributed by atoms with E-state index in [2.05, 4.69) is 31.7 Å². The van der Waals surface area contributed by atoms with Crippen LogP contribution in [0.25, 0.3) is 11.3 Å². The maximum absolute atomic E-state index is 13.7. The SMILES string of the molecule is Cc1cc(C(=O)N[C@@H]2CNCC[C@H]2c2cccc(F)c2)ccc1-c1c(Br)cnn1C. The maximum atomic E-state index is 13.7. The molecular formula is C23H24BrFN4O. The molecule has 4 rings (SSSR count). The molecule has 3 aromatic rings. The van der Waals surface area contributed by atoms with Gasteiger partial charge in [-0.1, -0.05) is 18.2 Å². The quantitative estimate of drug-likeness (QED) is 0.601. The number of nitrogens with zero attached hydrogens (tertiary/aromatic N) is 2. The third kappa shape index (κ3) is 4.18. The molecular weight excluding hydrogens is 447 g/mol. The van der Waals surface area contributed by atoms with Crippen molar-refractivity contribution in [1.29, 1.82) is 0 Å². The van der Waals surface area contributed by atoms with Crippen LogP contribution < -0.4 is 10.6 Å². The fourth-order valence-electron chi connectivity index (χ4n) is 4.18. The predicted molar refractivity (Wildman–Crippen MR) is 119 cm³/mol. The van der Waals surface area contributed by atoms with Crippen molar-refractivity contribution < 1.29 is 9.18 Å². The van der Waals surface area contributed by atoms with Crippen LogP contribution in [0.5, 0.6) is 0 Å². The van der Waals surface area contributed by atoms with Gasteiger partial charge in [-0.25, -0.2) is 4.39 Å². The van der Waals surface area contributed by atoms with Crippen LogP contribution in [0, 0.1) is 12.7 Å². The Balaban J connectivity index is 1.55. The lowest BCUT2D eigenvalue weighted by Gasteiger charge is -2.33. The summed E-state index contributed by atoms with van der Waals surface area (Å²) in [7, 11) is 1.89. The third-order valence-corrected chi connectivity index (χ3v) is 6.29. The van der Waals surface area contributed by atoms with Crippen molar-refractivity contribution in [1.82, 2.24) is 20.4 Å². The highest BCUT2D eigenvalue weighted by molar-refractivity contribution is 9.10. The van der Waals surface area contributed by atoms with E-state index >= 15 is 0 Å². The molecule has 2 N–H and O–H groups in total. The third-order valence-electron chi connectivity index (χ3n) is 5.71. The second kappa shape index (κ2) is 8.70. The van der Waals surface area contributed by atoms with Crippen molar-refractivity contribution in [3.05, 3.63) is 75.6 Å². The second-order valence-electron chi connectivity index (χ2n) is 7.73. The second-order valence-corrected chi connectivity index (χ2v) is 8.58. The number of carbonyl (C=O) groups is 1. The lowest BCUT2D eigenvalue weighted by atomic mass is 9.86.